The van der Waals surface area contributed by atoms with Gasteiger partial charge in [-0.1, -0.05) is 0 Å². The van der Waals surface area contributed by atoms with Crippen LogP contribution in [0.15, 0.2) is 0 Å². The van der Waals surface area contributed by atoms with Gasteiger partial charge in [-0.05, 0) is 13.8 Å². The Morgan fingerprint density at radius 1 is 1.36 bits per heavy atom. The quantitative estimate of drug-likeness (QED) is 0.476. The molecule has 1 unspecified atom stereocenters. The Labute approximate surface area is 63.3 Å². The van der Waals surface area contributed by atoms with Gasteiger partial charge in [-0.15, -0.1) is 0 Å². The first-order valence-corrected chi connectivity index (χ1v) is 3.24. The fourth-order valence-electron chi connectivity index (χ4n) is 0.328. The van der Waals surface area contributed by atoms with Gasteiger partial charge in [0, 0.05) is 6.61 Å². The van der Waals surface area contributed by atoms with Gasteiger partial charge in [-0.25, -0.2) is 0 Å². The molecule has 1 atom stereocenters. The van der Waals surface area contributed by atoms with Crippen LogP contribution in [0.1, 0.15) is 13.8 Å². The number of hydrogen-bond donors (Lipinski definition) is 0. The van der Waals surface area contributed by atoms with Gasteiger partial charge in [0.15, 0.2) is 6.10 Å². The molecule has 0 aliphatic carbocycles. The van der Waals surface area contributed by atoms with Crippen molar-refractivity contribution in [2.24, 2.45) is 0 Å². The van der Waals surface area contributed by atoms with E-state index in [2.05, 4.69) is 9.47 Å². The summed E-state index contributed by atoms with van der Waals surface area (Å²) >= 11 is 0. The first kappa shape index (κ1) is 10.7. The van der Waals surface area contributed by atoms with Gasteiger partial charge >= 0.3 is 6.18 Å². The summed E-state index contributed by atoms with van der Waals surface area (Å²) in [5, 5.41) is 0. The van der Waals surface area contributed by atoms with Crippen LogP contribution < -0.4 is 0 Å². The minimum absolute atomic E-state index is 0.308. The Hall–Kier alpha value is -0.290. The maximum atomic E-state index is 11.7. The van der Waals surface area contributed by atoms with Gasteiger partial charge in [0.05, 0.1) is 0 Å². The highest BCUT2D eigenvalue weighted by atomic mass is 19.4. The molecule has 0 rings (SSSR count). The molecule has 11 heavy (non-hydrogen) atoms. The van der Waals surface area contributed by atoms with Gasteiger partial charge in [0.2, 0.25) is 0 Å². The van der Waals surface area contributed by atoms with Crippen LogP contribution in [0, 0.1) is 0 Å². The van der Waals surface area contributed by atoms with E-state index in [0.29, 0.717) is 6.61 Å². The van der Waals surface area contributed by atoms with E-state index in [9.17, 15) is 13.2 Å². The van der Waals surface area contributed by atoms with Crippen LogP contribution in [0.25, 0.3) is 0 Å². The van der Waals surface area contributed by atoms with Crippen molar-refractivity contribution in [2.45, 2.75) is 26.1 Å². The maximum Gasteiger partial charge on any atom is 0.414 e. The highest BCUT2D eigenvalue weighted by Crippen LogP contribution is 2.21. The molecule has 0 saturated carbocycles. The molecule has 0 N–H and O–H groups in total. The van der Waals surface area contributed by atoms with Crippen LogP contribution in [-0.2, 0) is 9.47 Å². The smallest absolute Gasteiger partial charge is 0.356 e. The van der Waals surface area contributed by atoms with Crippen molar-refractivity contribution in [1.29, 1.82) is 0 Å². The Balaban J connectivity index is 3.44. The minimum atomic E-state index is -4.29. The predicted molar refractivity (Wildman–Crippen MR) is 33.1 cm³/mol. The van der Waals surface area contributed by atoms with E-state index in [0.717, 1.165) is 6.92 Å². The van der Waals surface area contributed by atoms with E-state index < -0.39 is 12.3 Å². The van der Waals surface area contributed by atoms with Crippen molar-refractivity contribution >= 4 is 0 Å². The van der Waals surface area contributed by atoms with E-state index in [-0.39, 0.29) is 6.79 Å². The molecular weight excluding hydrogens is 161 g/mol. The van der Waals surface area contributed by atoms with E-state index in [1.54, 1.807) is 6.92 Å². The summed E-state index contributed by atoms with van der Waals surface area (Å²) in [4.78, 5) is 0. The first-order chi connectivity index (χ1) is 4.98. The van der Waals surface area contributed by atoms with Gasteiger partial charge in [-0.3, -0.25) is 0 Å². The molecule has 5 heteroatoms. The molecule has 68 valence electrons. The lowest BCUT2D eigenvalue weighted by atomic mass is 10.4. The molecule has 0 aliphatic rings. The normalized spacial score (nSPS) is 15.0. The van der Waals surface area contributed by atoms with Gasteiger partial charge in [-0.2, -0.15) is 13.2 Å². The second-order valence-electron chi connectivity index (χ2n) is 1.96. The van der Waals surface area contributed by atoms with Crippen molar-refractivity contribution in [3.05, 3.63) is 0 Å². The molecule has 0 aromatic heterocycles. The Morgan fingerprint density at radius 2 is 1.91 bits per heavy atom. The lowest BCUT2D eigenvalue weighted by molar-refractivity contribution is -0.236. The van der Waals surface area contributed by atoms with Crippen molar-refractivity contribution in [3.63, 3.8) is 0 Å². The van der Waals surface area contributed by atoms with Gasteiger partial charge < -0.3 is 9.47 Å². The second kappa shape index (κ2) is 4.56. The number of ether oxygens (including phenoxy) is 2. The van der Waals surface area contributed by atoms with Crippen molar-refractivity contribution in [3.8, 4) is 0 Å². The third-order valence-electron chi connectivity index (χ3n) is 1.07. The number of rotatable bonds is 4. The zero-order valence-corrected chi connectivity index (χ0v) is 6.44. The van der Waals surface area contributed by atoms with Crippen LogP contribution >= 0.6 is 0 Å². The summed E-state index contributed by atoms with van der Waals surface area (Å²) in [6.07, 6.45) is -6.05. The van der Waals surface area contributed by atoms with E-state index in [1.165, 1.54) is 0 Å². The monoisotopic (exact) mass is 172 g/mol. The van der Waals surface area contributed by atoms with Crippen molar-refractivity contribution in [1.82, 2.24) is 0 Å². The zero-order chi connectivity index (χ0) is 8.91. The third-order valence-corrected chi connectivity index (χ3v) is 1.07. The van der Waals surface area contributed by atoms with Crippen LogP contribution in [0.5, 0.6) is 0 Å². The Bertz CT molecular complexity index is 102. The molecule has 0 bridgehead atoms. The molecule has 0 aromatic rings. The highest BCUT2D eigenvalue weighted by molar-refractivity contribution is 4.58. The zero-order valence-electron chi connectivity index (χ0n) is 6.44. The molecule has 0 spiro atoms. The number of hydrogen-bond acceptors (Lipinski definition) is 2. The van der Waals surface area contributed by atoms with Gasteiger partial charge in [0.1, 0.15) is 6.79 Å². The van der Waals surface area contributed by atoms with Gasteiger partial charge in [0.25, 0.3) is 0 Å². The summed E-state index contributed by atoms with van der Waals surface area (Å²) in [5.74, 6) is 0. The summed E-state index contributed by atoms with van der Waals surface area (Å²) in [6, 6.07) is 0. The average molecular weight is 172 g/mol. The number of halogens is 3. The summed E-state index contributed by atoms with van der Waals surface area (Å²) < 4.78 is 44.0. The summed E-state index contributed by atoms with van der Waals surface area (Å²) in [5.41, 5.74) is 0. The topological polar surface area (TPSA) is 18.5 Å². The molecule has 0 aromatic carbocycles. The lowest BCUT2D eigenvalue weighted by Crippen LogP contribution is -2.29. The predicted octanol–water partition coefficient (Wildman–Crippen LogP) is 1.95. The van der Waals surface area contributed by atoms with Crippen LogP contribution in [0.2, 0.25) is 0 Å². The summed E-state index contributed by atoms with van der Waals surface area (Å²) in [6.45, 7) is 2.67. The number of alkyl halides is 3. The molecule has 0 radical (unpaired) electrons. The largest absolute Gasteiger partial charge is 0.414 e. The fourth-order valence-corrected chi connectivity index (χ4v) is 0.328. The van der Waals surface area contributed by atoms with E-state index >= 15 is 0 Å². The van der Waals surface area contributed by atoms with Crippen LogP contribution in [0.3, 0.4) is 0 Å². The van der Waals surface area contributed by atoms with Crippen LogP contribution in [-0.4, -0.2) is 25.7 Å². The Morgan fingerprint density at radius 3 is 2.27 bits per heavy atom. The summed E-state index contributed by atoms with van der Waals surface area (Å²) in [7, 11) is 0. The average Bonchev–Trinajstić information content (AvgIpc) is 1.86. The third kappa shape index (κ3) is 5.03. The minimum Gasteiger partial charge on any atom is -0.356 e. The molecule has 0 heterocycles. The Kier molecular flexibility index (Phi) is 4.44. The molecule has 0 aliphatic heterocycles. The van der Waals surface area contributed by atoms with E-state index in [4.69, 9.17) is 0 Å². The molecule has 0 amide bonds. The van der Waals surface area contributed by atoms with Crippen molar-refractivity contribution < 1.29 is 22.6 Å². The van der Waals surface area contributed by atoms with Crippen LogP contribution in [0.4, 0.5) is 13.2 Å². The fraction of sp³-hybridized carbons (Fsp3) is 1.00. The SMILES string of the molecule is CCOCOC(C)C(F)(F)F. The molecule has 0 saturated heterocycles. The van der Waals surface area contributed by atoms with Crippen molar-refractivity contribution in [2.75, 3.05) is 13.4 Å². The second-order valence-corrected chi connectivity index (χ2v) is 1.96. The molecule has 0 fully saturated rings. The lowest BCUT2D eigenvalue weighted by Gasteiger charge is -2.15. The molecule has 2 nitrogen and oxygen atoms in total. The van der Waals surface area contributed by atoms with E-state index in [1.807, 2.05) is 0 Å². The first-order valence-electron chi connectivity index (χ1n) is 3.24. The maximum absolute atomic E-state index is 11.7. The standard InChI is InChI=1S/C6H11F3O2/c1-3-10-4-11-5(2)6(7,8)9/h5H,3-4H2,1-2H3. The highest BCUT2D eigenvalue weighted by Gasteiger charge is 2.36. The molecular formula is C6H11F3O2.